The molecule has 6 rings (SSSR count). The maximum Gasteiger partial charge on any atom is 0.160 e. The number of halogens is 2. The van der Waals surface area contributed by atoms with E-state index in [4.69, 9.17) is 4.74 Å². The van der Waals surface area contributed by atoms with Gasteiger partial charge in [-0.3, -0.25) is 4.90 Å². The molecule has 2 aliphatic carbocycles. The molecule has 4 aliphatic rings. The Morgan fingerprint density at radius 2 is 1.69 bits per heavy atom. The van der Waals surface area contributed by atoms with Crippen LogP contribution in [0.2, 0.25) is 0 Å². The number of hydrogen-bond donors (Lipinski definition) is 3. The van der Waals surface area contributed by atoms with Crippen molar-refractivity contribution in [3.63, 3.8) is 0 Å². The van der Waals surface area contributed by atoms with E-state index in [-0.39, 0.29) is 40.9 Å². The summed E-state index contributed by atoms with van der Waals surface area (Å²) in [6, 6.07) is 9.52. The number of nitrogens with one attached hydrogen (secondary N) is 1. The number of rotatable bonds is 3. The third-order valence-corrected chi connectivity index (χ3v) is 8.71. The van der Waals surface area contributed by atoms with Gasteiger partial charge in [-0.15, -0.1) is 29.4 Å². The Morgan fingerprint density at radius 3 is 2.44 bits per heavy atom. The van der Waals surface area contributed by atoms with E-state index < -0.39 is 0 Å². The molecule has 0 aromatic heterocycles. The van der Waals surface area contributed by atoms with Crippen LogP contribution in [-0.2, 0) is 12.8 Å². The van der Waals surface area contributed by atoms with E-state index >= 15 is 0 Å². The number of phenols is 2. The van der Waals surface area contributed by atoms with Gasteiger partial charge >= 0.3 is 0 Å². The zero-order valence-corrected chi connectivity index (χ0v) is 24.3. The van der Waals surface area contributed by atoms with Crippen LogP contribution in [0.15, 0.2) is 24.3 Å². The van der Waals surface area contributed by atoms with Crippen molar-refractivity contribution in [1.29, 1.82) is 0 Å². The molecule has 5 nitrogen and oxygen atoms in total. The standard InChI is InChI=1S/C15H21NO2.C14H19NO.BrH.ClH/c1-2-8-16-9-7-11-10-4-6-14(17)15(18)12(10)3-5-13(11)16;1-9-3-4-10-11-7-8-15-13(11)6-5-12(10)14(9)16-2;;/h4,6,11,13,17-18H,2-3,5,7-9H2,1H3;3-4,11,13,15H,5-8H2,1-2H3;2*1H/t2*11-,13-;;/m00../s1. The molecule has 2 saturated heterocycles. The lowest BCUT2D eigenvalue weighted by Gasteiger charge is -2.33. The normalized spacial score (nSPS) is 25.6. The van der Waals surface area contributed by atoms with Crippen molar-refractivity contribution in [1.82, 2.24) is 10.2 Å². The summed E-state index contributed by atoms with van der Waals surface area (Å²) in [6.07, 6.45) is 8.08. The first-order valence-corrected chi connectivity index (χ1v) is 13.2. The molecular weight excluding hydrogens is 540 g/mol. The van der Waals surface area contributed by atoms with Gasteiger partial charge in [-0.25, -0.2) is 0 Å². The van der Waals surface area contributed by atoms with Crippen LogP contribution >= 0.6 is 29.4 Å². The topological polar surface area (TPSA) is 65.0 Å². The summed E-state index contributed by atoms with van der Waals surface area (Å²) >= 11 is 0. The Kier molecular flexibility index (Phi) is 10.0. The number of aromatic hydroxyl groups is 2. The molecule has 200 valence electrons. The van der Waals surface area contributed by atoms with E-state index in [0.29, 0.717) is 18.0 Å². The molecule has 3 N–H and O–H groups in total. The summed E-state index contributed by atoms with van der Waals surface area (Å²) in [5.41, 5.74) is 6.51. The van der Waals surface area contributed by atoms with E-state index in [1.54, 1.807) is 13.2 Å². The quantitative estimate of drug-likeness (QED) is 0.388. The van der Waals surface area contributed by atoms with Crippen molar-refractivity contribution in [3.05, 3.63) is 52.1 Å². The fourth-order valence-corrected chi connectivity index (χ4v) is 7.16. The second-order valence-corrected chi connectivity index (χ2v) is 10.5. The number of likely N-dealkylation sites (tertiary alicyclic amines) is 1. The molecular formula is C29H42BrClN2O3. The van der Waals surface area contributed by atoms with Crippen LogP contribution in [0.4, 0.5) is 0 Å². The van der Waals surface area contributed by atoms with Crippen LogP contribution in [0.25, 0.3) is 0 Å². The fourth-order valence-electron chi connectivity index (χ4n) is 7.16. The molecule has 4 atom stereocenters. The Hall–Kier alpha value is -1.47. The maximum absolute atomic E-state index is 9.97. The highest BCUT2D eigenvalue weighted by Gasteiger charge is 2.39. The van der Waals surface area contributed by atoms with Crippen molar-refractivity contribution in [3.8, 4) is 17.2 Å². The smallest absolute Gasteiger partial charge is 0.160 e. The summed E-state index contributed by atoms with van der Waals surface area (Å²) in [4.78, 5) is 2.59. The van der Waals surface area contributed by atoms with Crippen molar-refractivity contribution < 1.29 is 14.9 Å². The van der Waals surface area contributed by atoms with Gasteiger partial charge in [0.15, 0.2) is 11.5 Å². The molecule has 0 spiro atoms. The lowest BCUT2D eigenvalue weighted by atomic mass is 9.79. The van der Waals surface area contributed by atoms with Gasteiger partial charge in [-0.1, -0.05) is 25.1 Å². The molecule has 7 heteroatoms. The van der Waals surface area contributed by atoms with Crippen LogP contribution in [0.5, 0.6) is 17.2 Å². The first kappa shape index (κ1) is 29.1. The van der Waals surface area contributed by atoms with Crippen LogP contribution in [0.1, 0.15) is 78.7 Å². The Labute approximate surface area is 232 Å². The number of benzene rings is 2. The van der Waals surface area contributed by atoms with Gasteiger partial charge in [-0.2, -0.15) is 0 Å². The fraction of sp³-hybridized carbons (Fsp3) is 0.586. The maximum atomic E-state index is 9.97. The van der Waals surface area contributed by atoms with Crippen molar-refractivity contribution in [2.24, 2.45) is 0 Å². The van der Waals surface area contributed by atoms with Crippen molar-refractivity contribution in [2.75, 3.05) is 26.7 Å². The molecule has 2 fully saturated rings. The number of methoxy groups -OCH3 is 1. The van der Waals surface area contributed by atoms with Crippen LogP contribution in [0.3, 0.4) is 0 Å². The van der Waals surface area contributed by atoms with Gasteiger partial charge in [0.05, 0.1) is 7.11 Å². The first-order valence-electron chi connectivity index (χ1n) is 13.2. The molecule has 2 aliphatic heterocycles. The van der Waals surface area contributed by atoms with Gasteiger partial charge in [0.1, 0.15) is 5.75 Å². The summed E-state index contributed by atoms with van der Waals surface area (Å²) in [5, 5.41) is 23.2. The number of phenolic OH excluding ortho intramolecular Hbond substituents is 2. The number of nitrogens with zero attached hydrogens (tertiary/aromatic N) is 1. The second kappa shape index (κ2) is 12.4. The molecule has 0 bridgehead atoms. The van der Waals surface area contributed by atoms with Crippen molar-refractivity contribution >= 4 is 29.4 Å². The van der Waals surface area contributed by atoms with E-state index in [9.17, 15) is 10.2 Å². The Bertz CT molecular complexity index is 1050. The minimum absolute atomic E-state index is 0. The van der Waals surface area contributed by atoms with E-state index in [1.807, 2.05) is 6.07 Å². The third kappa shape index (κ3) is 5.24. The van der Waals surface area contributed by atoms with Crippen LogP contribution in [-0.4, -0.2) is 53.9 Å². The SMILES string of the molecule is Br.CCCN1CC[C@H]2c3ccc(O)c(O)c3CC[C@@H]21.COc1c(C)ccc2c1CC[C@@H]1NCC[C@@H]21.Cl. The number of aryl methyl sites for hydroxylation is 1. The molecule has 36 heavy (non-hydrogen) atoms. The zero-order chi connectivity index (χ0) is 23.8. The molecule has 2 heterocycles. The highest BCUT2D eigenvalue weighted by atomic mass is 79.9. The van der Waals surface area contributed by atoms with E-state index in [0.717, 1.165) is 36.5 Å². The molecule has 0 amide bonds. The lowest BCUT2D eigenvalue weighted by molar-refractivity contribution is 0.226. The molecule has 0 radical (unpaired) electrons. The Morgan fingerprint density at radius 1 is 0.972 bits per heavy atom. The average molecular weight is 582 g/mol. The number of hydrogen-bond acceptors (Lipinski definition) is 5. The summed E-state index contributed by atoms with van der Waals surface area (Å²) in [7, 11) is 1.79. The molecule has 2 aromatic rings. The van der Waals surface area contributed by atoms with E-state index in [1.165, 1.54) is 67.6 Å². The van der Waals surface area contributed by atoms with Crippen LogP contribution < -0.4 is 10.1 Å². The van der Waals surface area contributed by atoms with Gasteiger partial charge in [-0.05, 0) is 99.8 Å². The summed E-state index contributed by atoms with van der Waals surface area (Å²) < 4.78 is 5.57. The van der Waals surface area contributed by atoms with Gasteiger partial charge in [0.25, 0.3) is 0 Å². The Balaban J connectivity index is 0.000000191. The van der Waals surface area contributed by atoms with Gasteiger partial charge < -0.3 is 20.3 Å². The minimum Gasteiger partial charge on any atom is -0.504 e. The number of fused-ring (bicyclic) bond motifs is 6. The highest BCUT2D eigenvalue weighted by Crippen LogP contribution is 2.46. The monoisotopic (exact) mass is 580 g/mol. The van der Waals surface area contributed by atoms with Gasteiger partial charge in [0, 0.05) is 29.5 Å². The summed E-state index contributed by atoms with van der Waals surface area (Å²) in [6.45, 7) is 7.89. The van der Waals surface area contributed by atoms with Crippen molar-refractivity contribution in [2.45, 2.75) is 82.7 Å². The average Bonchev–Trinajstić information content (AvgIpc) is 3.49. The number of ether oxygens (including phenoxy) is 1. The predicted molar refractivity (Wildman–Crippen MR) is 154 cm³/mol. The lowest BCUT2D eigenvalue weighted by Crippen LogP contribution is -2.35. The van der Waals surface area contributed by atoms with Gasteiger partial charge in [0.2, 0.25) is 0 Å². The minimum atomic E-state index is 0. The highest BCUT2D eigenvalue weighted by molar-refractivity contribution is 8.93. The second-order valence-electron chi connectivity index (χ2n) is 10.5. The zero-order valence-electron chi connectivity index (χ0n) is 21.8. The predicted octanol–water partition coefficient (Wildman–Crippen LogP) is 6.01. The molecule has 2 aromatic carbocycles. The first-order chi connectivity index (χ1) is 16.5. The molecule has 0 unspecified atom stereocenters. The van der Waals surface area contributed by atoms with E-state index in [2.05, 4.69) is 36.2 Å². The third-order valence-electron chi connectivity index (χ3n) is 8.71. The summed E-state index contributed by atoms with van der Waals surface area (Å²) in [5.74, 6) is 2.53. The van der Waals surface area contributed by atoms with Crippen LogP contribution in [0, 0.1) is 6.92 Å². The largest absolute Gasteiger partial charge is 0.504 e. The molecule has 0 saturated carbocycles.